The van der Waals surface area contributed by atoms with E-state index in [1.165, 1.54) is 41.6 Å². The fourth-order valence-electron chi connectivity index (χ4n) is 5.98. The van der Waals surface area contributed by atoms with Crippen molar-refractivity contribution >= 4 is 17.7 Å². The van der Waals surface area contributed by atoms with Gasteiger partial charge in [-0.3, -0.25) is 19.5 Å². The zero-order chi connectivity index (χ0) is 31.4. The van der Waals surface area contributed by atoms with Crippen molar-refractivity contribution in [2.45, 2.75) is 64.0 Å². The molecule has 1 aliphatic carbocycles. The highest BCUT2D eigenvalue weighted by Gasteiger charge is 2.45. The predicted octanol–water partition coefficient (Wildman–Crippen LogP) is 5.92. The molecule has 1 aromatic carbocycles. The Hall–Kier alpha value is -4.43. The Labute approximate surface area is 247 Å². The van der Waals surface area contributed by atoms with E-state index in [0.29, 0.717) is 37.7 Å². The lowest BCUT2D eigenvalue weighted by Crippen LogP contribution is -2.42. The Morgan fingerprint density at radius 1 is 1.07 bits per heavy atom. The number of ether oxygens (including phenoxy) is 3. The largest absolute Gasteiger partial charge is 0.586 e. The lowest BCUT2D eigenvalue weighted by Gasteiger charge is -2.34. The fourth-order valence-corrected chi connectivity index (χ4v) is 5.98. The van der Waals surface area contributed by atoms with Gasteiger partial charge in [0.2, 0.25) is 5.91 Å². The van der Waals surface area contributed by atoms with Crippen LogP contribution in [0.15, 0.2) is 36.7 Å². The molecule has 4 heterocycles. The van der Waals surface area contributed by atoms with Crippen LogP contribution in [0.4, 0.5) is 27.8 Å². The van der Waals surface area contributed by atoms with E-state index in [0.717, 1.165) is 4.68 Å². The van der Waals surface area contributed by atoms with Gasteiger partial charge in [0.1, 0.15) is 17.7 Å². The van der Waals surface area contributed by atoms with Crippen molar-refractivity contribution in [2.24, 2.45) is 11.8 Å². The molecule has 10 nitrogen and oxygen atoms in total. The van der Waals surface area contributed by atoms with Gasteiger partial charge in [0.25, 0.3) is 0 Å². The summed E-state index contributed by atoms with van der Waals surface area (Å²) in [5.41, 5.74) is -0.633. The summed E-state index contributed by atoms with van der Waals surface area (Å²) in [5, 5.41) is 13.2. The molecule has 0 radical (unpaired) electrons. The Kier molecular flexibility index (Phi) is 7.36. The number of nitrogens with zero attached hydrogens (tertiary/aromatic N) is 4. The molecule has 6 rings (SSSR count). The number of carbonyl (C=O) groups is 2. The van der Waals surface area contributed by atoms with Crippen molar-refractivity contribution in [1.82, 2.24) is 14.8 Å². The van der Waals surface area contributed by atoms with Crippen LogP contribution in [-0.4, -0.2) is 44.6 Å². The molecule has 0 saturated heterocycles. The van der Waals surface area contributed by atoms with Gasteiger partial charge in [-0.05, 0) is 63.1 Å². The first kappa shape index (κ1) is 29.6. The third-order valence-electron chi connectivity index (χ3n) is 8.13. The van der Waals surface area contributed by atoms with Crippen molar-refractivity contribution < 1.29 is 50.9 Å². The molecule has 1 fully saturated rings. The van der Waals surface area contributed by atoms with E-state index in [2.05, 4.69) is 19.6 Å². The first-order chi connectivity index (χ1) is 20.8. The highest BCUT2D eigenvalue weighted by atomic mass is 19.4. The first-order valence-electron chi connectivity index (χ1n) is 14.1. The molecular weight excluding hydrogens is 595 g/mol. The summed E-state index contributed by atoms with van der Waals surface area (Å²) in [5.74, 6) is -2.52. The van der Waals surface area contributed by atoms with Crippen molar-refractivity contribution in [2.75, 3.05) is 11.4 Å². The second-order valence-corrected chi connectivity index (χ2v) is 11.1. The average molecular weight is 623 g/mol. The number of pyridine rings is 1. The minimum Gasteiger partial charge on any atom is -0.484 e. The number of benzene rings is 1. The van der Waals surface area contributed by atoms with Crippen LogP contribution >= 0.6 is 0 Å². The molecule has 1 amide bonds. The second-order valence-electron chi connectivity index (χ2n) is 11.1. The number of aliphatic carboxylic acids is 1. The first-order valence-corrected chi connectivity index (χ1v) is 14.1. The van der Waals surface area contributed by atoms with Crippen LogP contribution in [0.1, 0.15) is 62.0 Å². The number of hydrogen-bond donors (Lipinski definition) is 1. The van der Waals surface area contributed by atoms with E-state index in [4.69, 9.17) is 4.74 Å². The molecule has 0 unspecified atom stereocenters. The molecule has 15 heteroatoms. The number of anilines is 1. The quantitative estimate of drug-likeness (QED) is 0.337. The molecule has 1 atom stereocenters. The summed E-state index contributed by atoms with van der Waals surface area (Å²) >= 11 is 0. The smallest absolute Gasteiger partial charge is 0.484 e. The lowest BCUT2D eigenvalue weighted by atomic mass is 9.81. The standard InChI is InChI=1S/C29H27F5N4O6/c1-15(18-8-9-22-23(11-18)44-29(33,34)43-22)42-20-12-19(13-35-14-20)38-25-21(24(36-38)28(30,31)32)3-2-10-37(25)26(39)16-4-6-17(7-5-16)27(40)41/h8-9,11-17H,2-7,10H2,1H3,(H,40,41)/t15-,16?,17?/m0/s1. The zero-order valence-electron chi connectivity index (χ0n) is 23.3. The maximum atomic E-state index is 14.1. The van der Waals surface area contributed by atoms with Crippen molar-refractivity contribution in [3.05, 3.63) is 53.5 Å². The minimum atomic E-state index is -4.78. The number of aromatic nitrogens is 3. The van der Waals surface area contributed by atoms with Crippen LogP contribution < -0.4 is 19.1 Å². The Balaban J connectivity index is 1.30. The summed E-state index contributed by atoms with van der Waals surface area (Å²) in [6, 6.07) is 5.59. The maximum Gasteiger partial charge on any atom is 0.586 e. The van der Waals surface area contributed by atoms with Gasteiger partial charge in [0.05, 0.1) is 24.0 Å². The molecule has 2 aliphatic heterocycles. The molecule has 3 aliphatic rings. The van der Waals surface area contributed by atoms with Crippen LogP contribution in [0, 0.1) is 11.8 Å². The number of hydrogen-bond acceptors (Lipinski definition) is 7. The summed E-state index contributed by atoms with van der Waals surface area (Å²) < 4.78 is 85.2. The summed E-state index contributed by atoms with van der Waals surface area (Å²) in [6.07, 6.45) is -5.02. The van der Waals surface area contributed by atoms with Crippen LogP contribution in [0.5, 0.6) is 17.2 Å². The van der Waals surface area contributed by atoms with E-state index in [1.54, 1.807) is 6.92 Å². The van der Waals surface area contributed by atoms with Gasteiger partial charge >= 0.3 is 18.4 Å². The van der Waals surface area contributed by atoms with E-state index in [1.807, 2.05) is 0 Å². The normalized spacial score (nSPS) is 21.5. The maximum absolute atomic E-state index is 14.1. The number of carbonyl (C=O) groups excluding carboxylic acids is 1. The van der Waals surface area contributed by atoms with Crippen LogP contribution in [0.25, 0.3) is 5.69 Å². The zero-order valence-corrected chi connectivity index (χ0v) is 23.3. The van der Waals surface area contributed by atoms with Crippen LogP contribution in [-0.2, 0) is 22.2 Å². The SMILES string of the molecule is C[C@H](Oc1cncc(-n2nc(C(F)(F)F)c3c2N(C(=O)C2CCC(C(=O)O)CC2)CCC3)c1)c1ccc2c(c1)OC(F)(F)O2. The summed E-state index contributed by atoms with van der Waals surface area (Å²) in [4.78, 5) is 30.5. The number of fused-ring (bicyclic) bond motifs is 2. The molecule has 44 heavy (non-hydrogen) atoms. The number of carboxylic acids is 1. The van der Waals surface area contributed by atoms with Crippen molar-refractivity contribution in [1.29, 1.82) is 0 Å². The summed E-state index contributed by atoms with van der Waals surface area (Å²) in [7, 11) is 0. The van der Waals surface area contributed by atoms with Gasteiger partial charge in [0.15, 0.2) is 17.2 Å². The molecule has 1 saturated carbocycles. The van der Waals surface area contributed by atoms with Gasteiger partial charge in [-0.1, -0.05) is 6.07 Å². The molecule has 0 bridgehead atoms. The Morgan fingerprint density at radius 3 is 2.48 bits per heavy atom. The Morgan fingerprint density at radius 2 is 1.77 bits per heavy atom. The van der Waals surface area contributed by atoms with Gasteiger partial charge in [-0.15, -0.1) is 8.78 Å². The molecule has 3 aromatic rings. The number of carboxylic acid groups (broad SMARTS) is 1. The van der Waals surface area contributed by atoms with Gasteiger partial charge in [-0.2, -0.15) is 18.3 Å². The monoisotopic (exact) mass is 622 g/mol. The number of halogens is 5. The third kappa shape index (κ3) is 5.62. The fraction of sp³-hybridized carbons (Fsp3) is 0.448. The van der Waals surface area contributed by atoms with Gasteiger partial charge in [0, 0.05) is 24.1 Å². The predicted molar refractivity (Wildman–Crippen MR) is 142 cm³/mol. The number of amides is 1. The molecule has 1 N–H and O–H groups in total. The second kappa shape index (κ2) is 10.9. The van der Waals surface area contributed by atoms with E-state index in [-0.39, 0.29) is 53.2 Å². The molecule has 2 aromatic heterocycles. The number of rotatable bonds is 6. The number of alkyl halides is 5. The van der Waals surface area contributed by atoms with Crippen molar-refractivity contribution in [3.63, 3.8) is 0 Å². The minimum absolute atomic E-state index is 0.00219. The van der Waals surface area contributed by atoms with Crippen LogP contribution in [0.2, 0.25) is 0 Å². The van der Waals surface area contributed by atoms with Gasteiger partial charge < -0.3 is 19.3 Å². The van der Waals surface area contributed by atoms with Crippen LogP contribution in [0.3, 0.4) is 0 Å². The highest BCUT2D eigenvalue weighted by Crippen LogP contribution is 2.44. The van der Waals surface area contributed by atoms with Crippen molar-refractivity contribution in [3.8, 4) is 22.9 Å². The van der Waals surface area contributed by atoms with Gasteiger partial charge in [-0.25, -0.2) is 4.68 Å². The molecule has 0 spiro atoms. The molecule has 234 valence electrons. The lowest BCUT2D eigenvalue weighted by molar-refractivity contribution is -0.286. The third-order valence-corrected chi connectivity index (χ3v) is 8.13. The molecular formula is C29H27F5N4O6. The van der Waals surface area contributed by atoms with E-state index < -0.39 is 42.1 Å². The Bertz CT molecular complexity index is 1600. The topological polar surface area (TPSA) is 116 Å². The average Bonchev–Trinajstić information content (AvgIpc) is 3.53. The summed E-state index contributed by atoms with van der Waals surface area (Å²) in [6.45, 7) is 1.82. The highest BCUT2D eigenvalue weighted by molar-refractivity contribution is 5.96. The van der Waals surface area contributed by atoms with E-state index >= 15 is 0 Å². The van der Waals surface area contributed by atoms with E-state index in [9.17, 15) is 36.6 Å².